The zero-order valence-corrected chi connectivity index (χ0v) is 73.6. The van der Waals surface area contributed by atoms with Crippen LogP contribution >= 0.6 is 46.4 Å². The molecule has 34 heteroatoms. The van der Waals surface area contributed by atoms with E-state index in [9.17, 15) is 19.2 Å². The van der Waals surface area contributed by atoms with Crippen LogP contribution in [0.1, 0.15) is 33.4 Å². The van der Waals surface area contributed by atoms with Gasteiger partial charge in [0.15, 0.2) is 28.9 Å². The number of piperazine rings is 4. The quantitative estimate of drug-likeness (QED) is 0.0693. The molecule has 6 N–H and O–H groups in total. The molecule has 0 aliphatic carbocycles. The Balaban J connectivity index is 0.000000120. The van der Waals surface area contributed by atoms with Crippen molar-refractivity contribution in [1.29, 1.82) is 0 Å². The zero-order chi connectivity index (χ0) is 89.6. The molecule has 8 aromatic carbocycles. The Morgan fingerprint density at radius 2 is 0.734 bits per heavy atom. The third-order valence-corrected chi connectivity index (χ3v) is 25.3. The van der Waals surface area contributed by atoms with Crippen LogP contribution < -0.4 is 20.4 Å². The second-order valence-electron chi connectivity index (χ2n) is 31.8. The van der Waals surface area contributed by atoms with E-state index in [2.05, 4.69) is 142 Å². The number of fused-ring (bicyclic) bond motifs is 8. The summed E-state index contributed by atoms with van der Waals surface area (Å²) in [6.07, 6.45) is 12.3. The summed E-state index contributed by atoms with van der Waals surface area (Å²) < 4.78 is 43.1. The van der Waals surface area contributed by atoms with Crippen molar-refractivity contribution in [3.05, 3.63) is 250 Å². The van der Waals surface area contributed by atoms with Crippen LogP contribution in [-0.4, -0.2) is 234 Å². The minimum absolute atomic E-state index is 0.0376. The molecule has 0 saturated carbocycles. The van der Waals surface area contributed by atoms with E-state index in [0.717, 1.165) is 122 Å². The maximum absolute atomic E-state index is 16.3. The second-order valence-corrected chi connectivity index (χ2v) is 33.4. The molecule has 6 aliphatic rings. The maximum Gasteiger partial charge on any atom is 0.246 e. The van der Waals surface area contributed by atoms with Crippen molar-refractivity contribution in [2.24, 2.45) is 9.98 Å². The number of nitrogens with zero attached hydrogens (tertiary/aromatic N) is 16. The molecule has 0 bridgehead atoms. The summed E-state index contributed by atoms with van der Waals surface area (Å²) in [4.78, 5) is 72.6. The summed E-state index contributed by atoms with van der Waals surface area (Å²) in [5, 5.41) is 50.3. The van der Waals surface area contributed by atoms with Gasteiger partial charge in [0.2, 0.25) is 29.2 Å². The first-order valence-electron chi connectivity index (χ1n) is 41.5. The first-order valence-corrected chi connectivity index (χ1v) is 43.0. The Hall–Kier alpha value is -13.9. The average Bonchev–Trinajstić information content (AvgIpc) is 1.40. The van der Waals surface area contributed by atoms with Gasteiger partial charge in [-0.2, -0.15) is 20.4 Å². The van der Waals surface area contributed by atoms with Crippen molar-refractivity contribution in [1.82, 2.24) is 80.5 Å². The van der Waals surface area contributed by atoms with Crippen molar-refractivity contribution < 1.29 is 37.0 Å². The molecule has 0 spiro atoms. The standard InChI is InChI=1S/C25H24ClFN6O.C25H25ClN6O.C22H19ClFN5O2.C22H20ClN5O2/c1-4-20(34)32-7-9-33(10-8-32)25-16-11-18(26)22(23(27)24(16)30-15(3)12-28-25)21-14(2)5-6-19-17(21)13-29-31-19;1-4-23(33)31-7-9-32(10-8-31)25-18-11-20(26)17(12-22(18)29-16(3)13-27-25)24-15(2)5-6-21-19(24)14-28-30-21;1-3-17(30)28-6-8-29(9-7-28)22-13-10-15(23)19(20(24)21(13)31-27-22)18-12(2)4-5-16-14(18)11-25-26-16;1-3-20(29)27-6-8-28(9-7-27)22-15-10-17(23)14(11-19(15)30-26-22)21-13(2)4-5-18-16(21)12-24-25-18/h4-6,11,13,30H,1,3,7-10,12H2,2H3,(H,29,31);4-6,11-12,14,29H,1,3,7-10,13H2,2H3,(H,28,30);3-5,10-11H,1,6-9H2,2H3,(H,25,26);3-5,10-12H,1,6-9H2,2H3,(H,24,25). The highest BCUT2D eigenvalue weighted by molar-refractivity contribution is 6.37. The molecular weight excluding hydrogens is 1710 g/mol. The fourth-order valence-corrected chi connectivity index (χ4v) is 18.6. The molecule has 6 aromatic heterocycles. The summed E-state index contributed by atoms with van der Waals surface area (Å²) in [6.45, 7) is 40.7. The summed E-state index contributed by atoms with van der Waals surface area (Å²) in [5.41, 5.74) is 18.2. The van der Waals surface area contributed by atoms with Gasteiger partial charge in [-0.3, -0.25) is 49.6 Å². The van der Waals surface area contributed by atoms with Crippen LogP contribution in [0.2, 0.25) is 20.1 Å². The highest BCUT2D eigenvalue weighted by Crippen LogP contribution is 2.48. The fourth-order valence-electron chi connectivity index (χ4n) is 17.5. The number of aromatic amines is 4. The Morgan fingerprint density at radius 1 is 0.383 bits per heavy atom. The smallest absolute Gasteiger partial charge is 0.246 e. The number of benzene rings is 8. The topological polar surface area (TPSA) is 310 Å². The van der Waals surface area contributed by atoms with Crippen LogP contribution in [0.25, 0.3) is 110 Å². The number of rotatable bonds is 10. The van der Waals surface area contributed by atoms with Crippen molar-refractivity contribution in [3.8, 4) is 44.5 Å². The van der Waals surface area contributed by atoms with E-state index >= 15 is 8.78 Å². The number of halogens is 6. The lowest BCUT2D eigenvalue weighted by Crippen LogP contribution is -2.50. The van der Waals surface area contributed by atoms with Gasteiger partial charge in [-0.25, -0.2) is 8.78 Å². The van der Waals surface area contributed by atoms with E-state index < -0.39 is 11.6 Å². The maximum atomic E-state index is 16.3. The molecule has 4 amide bonds. The van der Waals surface area contributed by atoms with Crippen LogP contribution in [-0.2, 0) is 19.2 Å². The highest BCUT2D eigenvalue weighted by atomic mass is 35.5. The number of aryl methyl sites for hydroxylation is 4. The third kappa shape index (κ3) is 16.4. The van der Waals surface area contributed by atoms with Crippen molar-refractivity contribution >= 4 is 170 Å². The number of hydrogen-bond acceptors (Lipinski definition) is 20. The van der Waals surface area contributed by atoms with Crippen LogP contribution in [0, 0.1) is 39.3 Å². The molecule has 4 fully saturated rings. The first kappa shape index (κ1) is 86.2. The normalized spacial score (nSPS) is 15.4. The van der Waals surface area contributed by atoms with Gasteiger partial charge in [-0.15, -0.1) is 0 Å². The molecular formula is C94H88Cl4F2N22O6. The van der Waals surface area contributed by atoms with E-state index in [4.69, 9.17) is 65.4 Å². The Labute approximate surface area is 753 Å². The number of anilines is 4. The van der Waals surface area contributed by atoms with Gasteiger partial charge >= 0.3 is 0 Å². The Kier molecular flexibility index (Phi) is 24.4. The number of carbonyl (C=O) groups is 4. The number of carbonyl (C=O) groups excluding carboxylic acids is 4. The minimum Gasteiger partial charge on any atom is -0.357 e. The number of H-pyrrole nitrogens is 4. The van der Waals surface area contributed by atoms with Gasteiger partial charge < -0.3 is 58.9 Å². The summed E-state index contributed by atoms with van der Waals surface area (Å²) in [5.74, 6) is 1.47. The van der Waals surface area contributed by atoms with Gasteiger partial charge in [-0.05, 0) is 146 Å². The first-order chi connectivity index (χ1) is 61.9. The van der Waals surface area contributed by atoms with Gasteiger partial charge in [0.1, 0.15) is 11.7 Å². The molecule has 14 aromatic rings. The summed E-state index contributed by atoms with van der Waals surface area (Å²) in [7, 11) is 0. The number of aromatic nitrogens is 10. The van der Waals surface area contributed by atoms with E-state index in [1.807, 2.05) is 96.7 Å². The Morgan fingerprint density at radius 3 is 1.18 bits per heavy atom. The zero-order valence-electron chi connectivity index (χ0n) is 70.5. The molecule has 4 saturated heterocycles. The van der Waals surface area contributed by atoms with Gasteiger partial charge in [0, 0.05) is 198 Å². The lowest BCUT2D eigenvalue weighted by Gasteiger charge is -2.36. The number of hydrogen-bond donors (Lipinski definition) is 6. The molecule has 128 heavy (non-hydrogen) atoms. The van der Waals surface area contributed by atoms with Crippen LogP contribution in [0.15, 0.2) is 204 Å². The van der Waals surface area contributed by atoms with Crippen LogP contribution in [0.4, 0.5) is 31.8 Å². The number of amides is 4. The number of aliphatic imine (C=N–C) groups is 2. The predicted octanol–water partition coefficient (Wildman–Crippen LogP) is 17.0. The molecule has 28 nitrogen and oxygen atoms in total. The van der Waals surface area contributed by atoms with E-state index in [1.54, 1.807) is 39.2 Å². The van der Waals surface area contributed by atoms with Crippen molar-refractivity contribution in [3.63, 3.8) is 0 Å². The number of benzodiazepines with no additional fused rings is 2. The Bertz CT molecular complexity index is 6950. The lowest BCUT2D eigenvalue weighted by atomic mass is 9.94. The van der Waals surface area contributed by atoms with Gasteiger partial charge in [0.25, 0.3) is 0 Å². The fraction of sp³-hybridized carbons (Fsp3) is 0.234. The molecule has 652 valence electrons. The minimum atomic E-state index is -0.557. The lowest BCUT2D eigenvalue weighted by molar-refractivity contribution is -0.128. The van der Waals surface area contributed by atoms with Gasteiger partial charge in [0.05, 0.1) is 86.4 Å². The van der Waals surface area contributed by atoms with Gasteiger partial charge in [-0.1, -0.05) is 120 Å². The summed E-state index contributed by atoms with van der Waals surface area (Å²) in [6, 6.07) is 27.2. The molecule has 20 rings (SSSR count). The SMILES string of the molecule is C=CC(=O)N1CCN(C2=NCC(=C)Nc3c2cc(Cl)c(-c2c(C)ccc4[nH]ncc24)c3F)CC1.C=CC(=O)N1CCN(C2=NCC(=C)Nc3cc(-c4c(C)ccc5[nH]ncc45)c(Cl)cc32)CC1.C=CC(=O)N1CCN(c2noc3c(F)c(-c4c(C)ccc5[nH]ncc45)c(Cl)cc23)CC1.C=CC(=O)N1CCN(c2noc3cc(-c4c(C)ccc5[nH]ncc45)c(Cl)cc23)CC1. The van der Waals surface area contributed by atoms with Crippen LogP contribution in [0.5, 0.6) is 0 Å². The van der Waals surface area contributed by atoms with Crippen molar-refractivity contribution in [2.45, 2.75) is 27.7 Å². The second kappa shape index (κ2) is 36.2. The highest BCUT2D eigenvalue weighted by Gasteiger charge is 2.35. The monoisotopic (exact) mass is 1800 g/mol. The van der Waals surface area contributed by atoms with Crippen LogP contribution in [0.3, 0.4) is 0 Å². The third-order valence-electron chi connectivity index (χ3n) is 24.1. The van der Waals surface area contributed by atoms with E-state index in [-0.39, 0.29) is 44.8 Å². The molecule has 0 radical (unpaired) electrons. The number of amidine groups is 2. The number of nitrogens with one attached hydrogen (secondary N) is 6. The average molecular weight is 1800 g/mol. The van der Waals surface area contributed by atoms with Crippen molar-refractivity contribution in [2.75, 3.05) is 138 Å². The predicted molar refractivity (Wildman–Crippen MR) is 503 cm³/mol. The molecule has 0 atom stereocenters. The van der Waals surface area contributed by atoms with E-state index in [1.165, 1.54) is 24.3 Å². The van der Waals surface area contributed by atoms with E-state index in [0.29, 0.717) is 184 Å². The molecule has 6 aliphatic heterocycles. The molecule has 12 heterocycles. The molecule has 0 unspecified atom stereocenters. The summed E-state index contributed by atoms with van der Waals surface area (Å²) >= 11 is 27.0. The largest absolute Gasteiger partial charge is 0.357 e.